The van der Waals surface area contributed by atoms with Gasteiger partial charge < -0.3 is 15.8 Å². The molecule has 0 aliphatic rings. The van der Waals surface area contributed by atoms with Gasteiger partial charge >= 0.3 is 6.09 Å². The summed E-state index contributed by atoms with van der Waals surface area (Å²) in [4.78, 5) is 10.2. The van der Waals surface area contributed by atoms with Crippen molar-refractivity contribution in [2.75, 3.05) is 13.2 Å². The average Bonchev–Trinajstić information content (AvgIpc) is 2.00. The lowest BCUT2D eigenvalue weighted by Crippen LogP contribution is -2.36. The molecule has 0 atom stereocenters. The number of carbonyl (C=O) groups is 1. The number of rotatable bonds is 6. The van der Waals surface area contributed by atoms with Crippen LogP contribution in [-0.2, 0) is 4.74 Å². The number of carbonyl (C=O) groups excluding carboxylic acids is 1. The maximum atomic E-state index is 10.2. The van der Waals surface area contributed by atoms with E-state index >= 15 is 0 Å². The summed E-state index contributed by atoms with van der Waals surface area (Å²) in [5.74, 6) is 0. The van der Waals surface area contributed by atoms with Crippen LogP contribution in [-0.4, -0.2) is 24.8 Å². The fourth-order valence-corrected chi connectivity index (χ4v) is 1.04. The third kappa shape index (κ3) is 11.2. The Kier molecular flexibility index (Phi) is 6.28. The highest BCUT2D eigenvalue weighted by Gasteiger charge is 2.06. The molecule has 0 saturated carbocycles. The van der Waals surface area contributed by atoms with E-state index in [4.69, 9.17) is 5.73 Å². The Balaban J connectivity index is 3.11. The van der Waals surface area contributed by atoms with Crippen molar-refractivity contribution in [2.24, 2.45) is 5.73 Å². The lowest BCUT2D eigenvalue weighted by molar-refractivity contribution is 0.154. The van der Waals surface area contributed by atoms with Crippen molar-refractivity contribution in [2.45, 2.75) is 45.6 Å². The molecule has 0 aromatic carbocycles. The Labute approximate surface area is 86.2 Å². The van der Waals surface area contributed by atoms with E-state index in [9.17, 15) is 4.79 Å². The highest BCUT2D eigenvalue weighted by Crippen LogP contribution is 2.00. The molecular weight excluding hydrogens is 180 g/mol. The van der Waals surface area contributed by atoms with Gasteiger partial charge in [-0.1, -0.05) is 0 Å². The number of hydrogen-bond donors (Lipinski definition) is 2. The first kappa shape index (κ1) is 13.2. The molecule has 14 heavy (non-hydrogen) atoms. The van der Waals surface area contributed by atoms with Crippen LogP contribution < -0.4 is 11.1 Å². The van der Waals surface area contributed by atoms with Crippen LogP contribution in [0.5, 0.6) is 0 Å². The van der Waals surface area contributed by atoms with Crippen LogP contribution in [0.15, 0.2) is 0 Å². The molecule has 0 saturated heterocycles. The summed E-state index contributed by atoms with van der Waals surface area (Å²) in [6, 6.07) is 0. The summed E-state index contributed by atoms with van der Waals surface area (Å²) in [5, 5.41) is 3.39. The Hall–Kier alpha value is -0.770. The van der Waals surface area contributed by atoms with Crippen LogP contribution in [0.25, 0.3) is 0 Å². The van der Waals surface area contributed by atoms with Crippen LogP contribution in [0.1, 0.15) is 40.0 Å². The number of hydrogen-bond acceptors (Lipinski definition) is 3. The zero-order valence-electron chi connectivity index (χ0n) is 9.43. The second-order valence-corrected chi connectivity index (χ2v) is 4.40. The smallest absolute Gasteiger partial charge is 0.404 e. The summed E-state index contributed by atoms with van der Waals surface area (Å²) in [7, 11) is 0. The minimum Gasteiger partial charge on any atom is -0.450 e. The second-order valence-electron chi connectivity index (χ2n) is 4.40. The summed E-state index contributed by atoms with van der Waals surface area (Å²) < 4.78 is 4.61. The van der Waals surface area contributed by atoms with E-state index in [0.29, 0.717) is 6.61 Å². The Morgan fingerprint density at radius 3 is 2.43 bits per heavy atom. The topological polar surface area (TPSA) is 64.3 Å². The van der Waals surface area contributed by atoms with Gasteiger partial charge in [-0.3, -0.25) is 0 Å². The van der Waals surface area contributed by atoms with Gasteiger partial charge in [-0.2, -0.15) is 0 Å². The lowest BCUT2D eigenvalue weighted by atomic mass is 10.1. The van der Waals surface area contributed by atoms with Gasteiger partial charge in [0.25, 0.3) is 0 Å². The molecule has 0 radical (unpaired) electrons. The van der Waals surface area contributed by atoms with Crippen LogP contribution in [0.3, 0.4) is 0 Å². The third-order valence-corrected chi connectivity index (χ3v) is 1.72. The molecule has 4 heteroatoms. The largest absolute Gasteiger partial charge is 0.450 e. The van der Waals surface area contributed by atoms with Crippen molar-refractivity contribution in [3.63, 3.8) is 0 Å². The third-order valence-electron chi connectivity index (χ3n) is 1.72. The van der Waals surface area contributed by atoms with E-state index in [0.717, 1.165) is 25.8 Å². The first-order valence-electron chi connectivity index (χ1n) is 5.09. The van der Waals surface area contributed by atoms with Gasteiger partial charge in [0.1, 0.15) is 0 Å². The molecule has 0 fully saturated rings. The lowest BCUT2D eigenvalue weighted by Gasteiger charge is -2.20. The molecule has 3 N–H and O–H groups in total. The van der Waals surface area contributed by atoms with Gasteiger partial charge in [0.2, 0.25) is 0 Å². The highest BCUT2D eigenvalue weighted by atomic mass is 16.5. The Morgan fingerprint density at radius 1 is 1.29 bits per heavy atom. The molecular formula is C10H22N2O2. The quantitative estimate of drug-likeness (QED) is 0.643. The molecule has 1 amide bonds. The first-order valence-corrected chi connectivity index (χ1v) is 5.09. The van der Waals surface area contributed by atoms with Gasteiger partial charge in [0.05, 0.1) is 6.61 Å². The van der Waals surface area contributed by atoms with Crippen molar-refractivity contribution < 1.29 is 9.53 Å². The van der Waals surface area contributed by atoms with Crippen molar-refractivity contribution in [1.82, 2.24) is 5.32 Å². The zero-order chi connectivity index (χ0) is 11.0. The number of primary amides is 1. The van der Waals surface area contributed by atoms with Gasteiger partial charge in [-0.15, -0.1) is 0 Å². The van der Waals surface area contributed by atoms with E-state index in [2.05, 4.69) is 30.8 Å². The summed E-state index contributed by atoms with van der Waals surface area (Å²) in [6.45, 7) is 7.86. The molecule has 0 heterocycles. The average molecular weight is 202 g/mol. The summed E-state index contributed by atoms with van der Waals surface area (Å²) >= 11 is 0. The van der Waals surface area contributed by atoms with E-state index in [-0.39, 0.29) is 5.54 Å². The monoisotopic (exact) mass is 202 g/mol. The van der Waals surface area contributed by atoms with Gasteiger partial charge in [0, 0.05) is 5.54 Å². The highest BCUT2D eigenvalue weighted by molar-refractivity contribution is 5.64. The molecule has 0 aliphatic heterocycles. The maximum absolute atomic E-state index is 10.2. The molecule has 0 aromatic heterocycles. The minimum absolute atomic E-state index is 0.184. The van der Waals surface area contributed by atoms with Crippen molar-refractivity contribution in [1.29, 1.82) is 0 Å². The second kappa shape index (κ2) is 6.65. The molecule has 0 aliphatic carbocycles. The van der Waals surface area contributed by atoms with Crippen molar-refractivity contribution >= 4 is 6.09 Å². The van der Waals surface area contributed by atoms with Crippen LogP contribution in [0.4, 0.5) is 4.79 Å². The van der Waals surface area contributed by atoms with Gasteiger partial charge in [-0.25, -0.2) is 4.79 Å². The molecule has 0 spiro atoms. The van der Waals surface area contributed by atoms with Gasteiger partial charge in [-0.05, 0) is 46.6 Å². The Morgan fingerprint density at radius 2 is 1.93 bits per heavy atom. The number of nitrogens with two attached hydrogens (primary N) is 1. The first-order chi connectivity index (χ1) is 6.42. The van der Waals surface area contributed by atoms with Crippen LogP contribution >= 0.6 is 0 Å². The van der Waals surface area contributed by atoms with Crippen molar-refractivity contribution in [3.8, 4) is 0 Å². The van der Waals surface area contributed by atoms with Crippen LogP contribution in [0, 0.1) is 0 Å². The Bertz CT molecular complexity index is 164. The summed E-state index contributed by atoms with van der Waals surface area (Å²) in [5.41, 5.74) is 5.00. The molecule has 0 rings (SSSR count). The maximum Gasteiger partial charge on any atom is 0.404 e. The number of nitrogens with one attached hydrogen (secondary N) is 1. The molecule has 0 aromatic rings. The predicted octanol–water partition coefficient (Wildman–Crippen LogP) is 1.64. The number of ether oxygens (including phenoxy) is 1. The fraction of sp³-hybridized carbons (Fsp3) is 0.900. The predicted molar refractivity (Wildman–Crippen MR) is 57.1 cm³/mol. The fourth-order valence-electron chi connectivity index (χ4n) is 1.04. The standard InChI is InChI=1S/C10H22N2O2/c1-10(2,3)12-7-5-4-6-8-14-9(11)13/h12H,4-8H2,1-3H3,(H2,11,13). The molecule has 0 unspecified atom stereocenters. The minimum atomic E-state index is -0.683. The molecule has 0 bridgehead atoms. The normalized spacial score (nSPS) is 11.4. The zero-order valence-corrected chi connectivity index (χ0v) is 9.43. The molecule has 4 nitrogen and oxygen atoms in total. The number of amides is 1. The van der Waals surface area contributed by atoms with E-state index in [1.54, 1.807) is 0 Å². The molecule has 84 valence electrons. The van der Waals surface area contributed by atoms with E-state index < -0.39 is 6.09 Å². The van der Waals surface area contributed by atoms with E-state index in [1.165, 1.54) is 0 Å². The van der Waals surface area contributed by atoms with Crippen molar-refractivity contribution in [3.05, 3.63) is 0 Å². The van der Waals surface area contributed by atoms with E-state index in [1.807, 2.05) is 0 Å². The van der Waals surface area contributed by atoms with Crippen LogP contribution in [0.2, 0.25) is 0 Å². The summed E-state index contributed by atoms with van der Waals surface area (Å²) in [6.07, 6.45) is 2.35. The number of unbranched alkanes of at least 4 members (excludes halogenated alkanes) is 2. The van der Waals surface area contributed by atoms with Gasteiger partial charge in [0.15, 0.2) is 0 Å². The SMILES string of the molecule is CC(C)(C)NCCCCCOC(N)=O.